The summed E-state index contributed by atoms with van der Waals surface area (Å²) in [5.74, 6) is -3.98. The lowest BCUT2D eigenvalue weighted by molar-refractivity contribution is 0.122. The summed E-state index contributed by atoms with van der Waals surface area (Å²) in [6.45, 7) is 0. The quantitative estimate of drug-likeness (QED) is 0.603. The fourth-order valence-electron chi connectivity index (χ4n) is 1.40. The molecule has 0 N–H and O–H groups in total. The van der Waals surface area contributed by atoms with E-state index in [9.17, 15) is 13.2 Å². The Morgan fingerprint density at radius 1 is 0.941 bits per heavy atom. The minimum atomic E-state index is -3.06. The predicted octanol–water partition coefficient (Wildman–Crippen LogP) is 2.06. The minimum Gasteiger partial charge on any atom is -0.377 e. The SMILES string of the molecule is CO[Si](Cc1ccc(F)c(F)c1F)(OC)OC. The summed E-state index contributed by atoms with van der Waals surface area (Å²) in [6, 6.07) is 1.93. The van der Waals surface area contributed by atoms with Gasteiger partial charge in [0.15, 0.2) is 17.5 Å². The Morgan fingerprint density at radius 2 is 1.47 bits per heavy atom. The van der Waals surface area contributed by atoms with Gasteiger partial charge < -0.3 is 13.3 Å². The molecule has 0 radical (unpaired) electrons. The Balaban J connectivity index is 3.06. The molecule has 0 aromatic heterocycles. The first-order valence-corrected chi connectivity index (χ1v) is 6.70. The monoisotopic (exact) mass is 266 g/mol. The van der Waals surface area contributed by atoms with Crippen LogP contribution in [-0.2, 0) is 19.3 Å². The van der Waals surface area contributed by atoms with Gasteiger partial charge in [-0.05, 0) is 11.6 Å². The maximum absolute atomic E-state index is 13.4. The second-order valence-corrected chi connectivity index (χ2v) is 6.25. The lowest BCUT2D eigenvalue weighted by atomic mass is 10.2. The normalized spacial score (nSPS) is 11.9. The van der Waals surface area contributed by atoms with E-state index in [1.54, 1.807) is 0 Å². The Hall–Kier alpha value is -0.893. The van der Waals surface area contributed by atoms with Crippen LogP contribution in [0.25, 0.3) is 0 Å². The maximum atomic E-state index is 13.4. The molecule has 3 nitrogen and oxygen atoms in total. The highest BCUT2D eigenvalue weighted by atomic mass is 28.4. The highest BCUT2D eigenvalue weighted by molar-refractivity contribution is 6.60. The summed E-state index contributed by atoms with van der Waals surface area (Å²) in [5.41, 5.74) is -0.0406. The van der Waals surface area contributed by atoms with Crippen LogP contribution in [0.15, 0.2) is 12.1 Å². The van der Waals surface area contributed by atoms with Gasteiger partial charge in [0.2, 0.25) is 0 Å². The topological polar surface area (TPSA) is 27.7 Å². The zero-order chi connectivity index (χ0) is 13.1. The third-order valence-electron chi connectivity index (χ3n) is 2.46. The number of hydrogen-bond acceptors (Lipinski definition) is 3. The predicted molar refractivity (Wildman–Crippen MR) is 56.8 cm³/mol. The molecule has 0 saturated heterocycles. The highest BCUT2D eigenvalue weighted by Gasteiger charge is 2.39. The molecule has 0 saturated carbocycles. The molecule has 7 heteroatoms. The van der Waals surface area contributed by atoms with Crippen LogP contribution >= 0.6 is 0 Å². The third kappa shape index (κ3) is 2.86. The first-order chi connectivity index (χ1) is 7.99. The summed E-state index contributed by atoms with van der Waals surface area (Å²) in [4.78, 5) is 0. The zero-order valence-corrected chi connectivity index (χ0v) is 10.7. The van der Waals surface area contributed by atoms with Crippen LogP contribution < -0.4 is 0 Å². The first-order valence-electron chi connectivity index (χ1n) is 4.77. The van der Waals surface area contributed by atoms with Crippen molar-refractivity contribution in [3.63, 3.8) is 0 Å². The van der Waals surface area contributed by atoms with E-state index >= 15 is 0 Å². The number of benzene rings is 1. The second kappa shape index (κ2) is 5.63. The van der Waals surface area contributed by atoms with E-state index in [1.165, 1.54) is 21.3 Å². The van der Waals surface area contributed by atoms with E-state index in [2.05, 4.69) is 0 Å². The molecule has 17 heavy (non-hydrogen) atoms. The van der Waals surface area contributed by atoms with Crippen molar-refractivity contribution < 1.29 is 26.4 Å². The molecule has 0 unspecified atom stereocenters. The van der Waals surface area contributed by atoms with Gasteiger partial charge in [0.1, 0.15) is 0 Å². The smallest absolute Gasteiger partial charge is 0.377 e. The molecule has 96 valence electrons. The van der Waals surface area contributed by atoms with Crippen molar-refractivity contribution in [3.05, 3.63) is 35.1 Å². The van der Waals surface area contributed by atoms with Crippen molar-refractivity contribution in [2.75, 3.05) is 21.3 Å². The van der Waals surface area contributed by atoms with Crippen molar-refractivity contribution in [2.24, 2.45) is 0 Å². The third-order valence-corrected chi connectivity index (χ3v) is 5.14. The Morgan fingerprint density at radius 3 is 1.94 bits per heavy atom. The lowest BCUT2D eigenvalue weighted by Gasteiger charge is -2.24. The van der Waals surface area contributed by atoms with E-state index < -0.39 is 26.3 Å². The van der Waals surface area contributed by atoms with E-state index in [0.29, 0.717) is 0 Å². The van der Waals surface area contributed by atoms with Crippen molar-refractivity contribution in [2.45, 2.75) is 6.04 Å². The Kier molecular flexibility index (Phi) is 4.69. The number of rotatable bonds is 5. The van der Waals surface area contributed by atoms with Gasteiger partial charge in [-0.25, -0.2) is 13.2 Å². The van der Waals surface area contributed by atoms with Gasteiger partial charge >= 0.3 is 8.80 Å². The summed E-state index contributed by atoms with van der Waals surface area (Å²) < 4.78 is 54.4. The molecular weight excluding hydrogens is 253 g/mol. The molecule has 0 heterocycles. The Bertz CT molecular complexity index is 388. The fourth-order valence-corrected chi connectivity index (χ4v) is 3.07. The molecule has 1 aromatic carbocycles. The number of halogens is 3. The molecule has 1 aromatic rings. The van der Waals surface area contributed by atoms with E-state index in [1.807, 2.05) is 0 Å². The first kappa shape index (κ1) is 14.2. The Labute approximate surface area is 98.5 Å². The van der Waals surface area contributed by atoms with E-state index in [0.717, 1.165) is 12.1 Å². The van der Waals surface area contributed by atoms with Crippen molar-refractivity contribution in [3.8, 4) is 0 Å². The molecular formula is C10H13F3O3Si. The molecule has 0 atom stereocenters. The van der Waals surface area contributed by atoms with Gasteiger partial charge in [-0.1, -0.05) is 6.07 Å². The summed E-state index contributed by atoms with van der Waals surface area (Å²) in [7, 11) is 1.02. The van der Waals surface area contributed by atoms with Gasteiger partial charge in [0, 0.05) is 27.4 Å². The van der Waals surface area contributed by atoms with Gasteiger partial charge in [-0.15, -0.1) is 0 Å². The molecule has 1 rings (SSSR count). The largest absolute Gasteiger partial charge is 0.504 e. The van der Waals surface area contributed by atoms with Gasteiger partial charge in [-0.3, -0.25) is 0 Å². The van der Waals surface area contributed by atoms with Crippen LogP contribution in [0.5, 0.6) is 0 Å². The fraction of sp³-hybridized carbons (Fsp3) is 0.400. The van der Waals surface area contributed by atoms with Gasteiger partial charge in [0.25, 0.3) is 0 Å². The van der Waals surface area contributed by atoms with Crippen molar-refractivity contribution in [1.82, 2.24) is 0 Å². The van der Waals surface area contributed by atoms with E-state index in [4.69, 9.17) is 13.3 Å². The average Bonchev–Trinajstić information content (AvgIpc) is 2.36. The minimum absolute atomic E-state index is 0.0406. The molecule has 0 bridgehead atoms. The molecule has 0 aliphatic heterocycles. The standard InChI is InChI=1S/C10H13F3O3Si/c1-14-17(15-2,16-3)6-7-4-5-8(11)10(13)9(7)12/h4-5H,6H2,1-3H3. The number of hydrogen-bond donors (Lipinski definition) is 0. The van der Waals surface area contributed by atoms with E-state index in [-0.39, 0.29) is 11.6 Å². The van der Waals surface area contributed by atoms with Gasteiger partial charge in [-0.2, -0.15) is 0 Å². The van der Waals surface area contributed by atoms with Crippen LogP contribution in [0.3, 0.4) is 0 Å². The van der Waals surface area contributed by atoms with Crippen LogP contribution in [-0.4, -0.2) is 30.1 Å². The molecule has 0 fully saturated rings. The maximum Gasteiger partial charge on any atom is 0.504 e. The molecule has 0 aliphatic carbocycles. The van der Waals surface area contributed by atoms with Crippen LogP contribution in [0.1, 0.15) is 5.56 Å². The summed E-state index contributed by atoms with van der Waals surface area (Å²) in [5, 5.41) is 0. The molecule has 0 amide bonds. The average molecular weight is 266 g/mol. The molecule has 0 spiro atoms. The zero-order valence-electron chi connectivity index (χ0n) is 9.72. The summed E-state index contributed by atoms with van der Waals surface area (Å²) in [6.07, 6.45) is 0. The van der Waals surface area contributed by atoms with Crippen LogP contribution in [0, 0.1) is 17.5 Å². The van der Waals surface area contributed by atoms with Gasteiger partial charge in [0.05, 0.1) is 0 Å². The van der Waals surface area contributed by atoms with Crippen LogP contribution in [0.4, 0.5) is 13.2 Å². The highest BCUT2D eigenvalue weighted by Crippen LogP contribution is 2.20. The van der Waals surface area contributed by atoms with Crippen molar-refractivity contribution in [1.29, 1.82) is 0 Å². The second-order valence-electron chi connectivity index (χ2n) is 3.31. The molecule has 0 aliphatic rings. The summed E-state index contributed by atoms with van der Waals surface area (Å²) >= 11 is 0. The lowest BCUT2D eigenvalue weighted by Crippen LogP contribution is -2.46. The van der Waals surface area contributed by atoms with Crippen LogP contribution in [0.2, 0.25) is 0 Å². The van der Waals surface area contributed by atoms with Crippen molar-refractivity contribution >= 4 is 8.80 Å².